The van der Waals surface area contributed by atoms with E-state index in [-0.39, 0.29) is 11.6 Å². The molecule has 0 atom stereocenters. The summed E-state index contributed by atoms with van der Waals surface area (Å²) in [6.07, 6.45) is 1.37. The molecule has 0 fully saturated rings. The molecule has 0 bridgehead atoms. The zero-order valence-electron chi connectivity index (χ0n) is 9.52. The minimum absolute atomic E-state index is 0.243. The number of aromatic amines is 1. The Morgan fingerprint density at radius 3 is 2.94 bits per heavy atom. The van der Waals surface area contributed by atoms with Crippen LogP contribution in [0.3, 0.4) is 0 Å². The Morgan fingerprint density at radius 1 is 1.47 bits per heavy atom. The number of rotatable bonds is 3. The second-order valence-corrected chi connectivity index (χ2v) is 3.49. The molecule has 1 heterocycles. The molecule has 1 amide bonds. The highest BCUT2D eigenvalue weighted by molar-refractivity contribution is 6.03. The van der Waals surface area contributed by atoms with Gasteiger partial charge in [0.15, 0.2) is 5.69 Å². The Balaban J connectivity index is 2.21. The minimum atomic E-state index is -0.310. The highest BCUT2D eigenvalue weighted by Crippen LogP contribution is 2.21. The number of aryl methyl sites for hydroxylation is 1. The summed E-state index contributed by atoms with van der Waals surface area (Å²) in [5.41, 5.74) is 1.88. The maximum atomic E-state index is 11.8. The molecule has 0 spiro atoms. The first-order chi connectivity index (χ1) is 8.20. The van der Waals surface area contributed by atoms with Crippen LogP contribution < -0.4 is 10.1 Å². The van der Waals surface area contributed by atoms with Gasteiger partial charge in [-0.05, 0) is 18.6 Å². The topological polar surface area (TPSA) is 79.9 Å². The van der Waals surface area contributed by atoms with Crippen molar-refractivity contribution in [2.45, 2.75) is 6.92 Å². The van der Waals surface area contributed by atoms with E-state index in [1.807, 2.05) is 19.1 Å². The maximum Gasteiger partial charge on any atom is 0.277 e. The third-order valence-corrected chi connectivity index (χ3v) is 2.34. The molecule has 6 nitrogen and oxygen atoms in total. The monoisotopic (exact) mass is 232 g/mol. The van der Waals surface area contributed by atoms with E-state index in [9.17, 15) is 4.79 Å². The average molecular weight is 232 g/mol. The molecule has 2 rings (SSSR count). The van der Waals surface area contributed by atoms with Gasteiger partial charge in [0.25, 0.3) is 5.91 Å². The van der Waals surface area contributed by atoms with Crippen LogP contribution in [0.4, 0.5) is 5.69 Å². The molecule has 0 saturated heterocycles. The SMILES string of the molecule is COc1ccc(C)c(NC(=O)c2cn[nH]n2)c1. The fourth-order valence-corrected chi connectivity index (χ4v) is 1.36. The second kappa shape index (κ2) is 4.65. The highest BCUT2D eigenvalue weighted by atomic mass is 16.5. The Kier molecular flexibility index (Phi) is 3.04. The van der Waals surface area contributed by atoms with E-state index >= 15 is 0 Å². The van der Waals surface area contributed by atoms with Gasteiger partial charge in [-0.3, -0.25) is 4.79 Å². The van der Waals surface area contributed by atoms with Crippen LogP contribution in [0.5, 0.6) is 5.75 Å². The number of H-pyrrole nitrogens is 1. The van der Waals surface area contributed by atoms with E-state index in [1.165, 1.54) is 6.20 Å². The van der Waals surface area contributed by atoms with Crippen LogP contribution in [0.2, 0.25) is 0 Å². The lowest BCUT2D eigenvalue weighted by Gasteiger charge is -2.08. The summed E-state index contributed by atoms with van der Waals surface area (Å²) in [6.45, 7) is 1.90. The summed E-state index contributed by atoms with van der Waals surface area (Å²) < 4.78 is 5.10. The minimum Gasteiger partial charge on any atom is -0.497 e. The van der Waals surface area contributed by atoms with Gasteiger partial charge in [-0.2, -0.15) is 15.4 Å². The zero-order chi connectivity index (χ0) is 12.3. The lowest BCUT2D eigenvalue weighted by Crippen LogP contribution is -2.13. The highest BCUT2D eigenvalue weighted by Gasteiger charge is 2.10. The summed E-state index contributed by atoms with van der Waals surface area (Å²) in [7, 11) is 1.58. The van der Waals surface area contributed by atoms with Gasteiger partial charge >= 0.3 is 0 Å². The van der Waals surface area contributed by atoms with Crippen LogP contribution in [0.25, 0.3) is 0 Å². The van der Waals surface area contributed by atoms with E-state index in [2.05, 4.69) is 20.7 Å². The molecule has 0 aliphatic carbocycles. The molecule has 1 aromatic heterocycles. The fourth-order valence-electron chi connectivity index (χ4n) is 1.36. The third kappa shape index (κ3) is 2.41. The fraction of sp³-hybridized carbons (Fsp3) is 0.182. The van der Waals surface area contributed by atoms with Crippen LogP contribution in [0.15, 0.2) is 24.4 Å². The van der Waals surface area contributed by atoms with Crippen molar-refractivity contribution >= 4 is 11.6 Å². The number of carbonyl (C=O) groups excluding carboxylic acids is 1. The first-order valence-corrected chi connectivity index (χ1v) is 5.02. The number of aromatic nitrogens is 3. The van der Waals surface area contributed by atoms with E-state index in [1.54, 1.807) is 13.2 Å². The molecule has 0 radical (unpaired) electrons. The van der Waals surface area contributed by atoms with Gasteiger partial charge in [-0.1, -0.05) is 6.07 Å². The molecule has 0 saturated carbocycles. The Labute approximate surface area is 98.0 Å². The normalized spacial score (nSPS) is 10.0. The first-order valence-electron chi connectivity index (χ1n) is 5.02. The summed E-state index contributed by atoms with van der Waals surface area (Å²) in [6, 6.07) is 5.46. The quantitative estimate of drug-likeness (QED) is 0.837. The van der Waals surface area contributed by atoms with Crippen molar-refractivity contribution in [3.8, 4) is 5.75 Å². The number of methoxy groups -OCH3 is 1. The third-order valence-electron chi connectivity index (χ3n) is 2.34. The van der Waals surface area contributed by atoms with Gasteiger partial charge in [0.05, 0.1) is 13.3 Å². The standard InChI is InChI=1S/C11H12N4O2/c1-7-3-4-8(17-2)5-9(7)13-11(16)10-6-12-15-14-10/h3-6H,1-2H3,(H,13,16)(H,12,14,15). The van der Waals surface area contributed by atoms with Crippen LogP contribution in [0.1, 0.15) is 16.1 Å². The predicted octanol–water partition coefficient (Wildman–Crippen LogP) is 1.37. The molecule has 17 heavy (non-hydrogen) atoms. The Hall–Kier alpha value is -2.37. The van der Waals surface area contributed by atoms with Gasteiger partial charge < -0.3 is 10.1 Å². The van der Waals surface area contributed by atoms with Crippen molar-refractivity contribution in [1.82, 2.24) is 15.4 Å². The Bertz CT molecular complexity index is 522. The van der Waals surface area contributed by atoms with E-state index in [0.29, 0.717) is 11.4 Å². The van der Waals surface area contributed by atoms with E-state index < -0.39 is 0 Å². The summed E-state index contributed by atoms with van der Waals surface area (Å²) >= 11 is 0. The van der Waals surface area contributed by atoms with Crippen molar-refractivity contribution < 1.29 is 9.53 Å². The number of hydrogen-bond donors (Lipinski definition) is 2. The maximum absolute atomic E-state index is 11.8. The molecule has 0 unspecified atom stereocenters. The number of anilines is 1. The van der Waals surface area contributed by atoms with Crippen molar-refractivity contribution in [3.63, 3.8) is 0 Å². The number of nitrogens with one attached hydrogen (secondary N) is 2. The molecule has 2 aromatic rings. The number of amides is 1. The Morgan fingerprint density at radius 2 is 2.29 bits per heavy atom. The largest absolute Gasteiger partial charge is 0.497 e. The number of ether oxygens (including phenoxy) is 1. The molecule has 0 aliphatic rings. The summed E-state index contributed by atoms with van der Waals surface area (Å²) in [5, 5.41) is 12.4. The lowest BCUT2D eigenvalue weighted by molar-refractivity contribution is 0.102. The van der Waals surface area contributed by atoms with Crippen LogP contribution >= 0.6 is 0 Å². The molecular formula is C11H12N4O2. The van der Waals surface area contributed by atoms with Crippen molar-refractivity contribution in [1.29, 1.82) is 0 Å². The summed E-state index contributed by atoms with van der Waals surface area (Å²) in [5.74, 6) is 0.376. The van der Waals surface area contributed by atoms with E-state index in [4.69, 9.17) is 4.74 Å². The van der Waals surface area contributed by atoms with Gasteiger partial charge in [0.2, 0.25) is 0 Å². The second-order valence-electron chi connectivity index (χ2n) is 3.49. The van der Waals surface area contributed by atoms with Crippen molar-refractivity contribution in [3.05, 3.63) is 35.7 Å². The van der Waals surface area contributed by atoms with Gasteiger partial charge in [-0.15, -0.1) is 0 Å². The van der Waals surface area contributed by atoms with Crippen molar-refractivity contribution in [2.75, 3.05) is 12.4 Å². The van der Waals surface area contributed by atoms with Gasteiger partial charge in [0.1, 0.15) is 5.75 Å². The van der Waals surface area contributed by atoms with E-state index in [0.717, 1.165) is 5.56 Å². The van der Waals surface area contributed by atoms with Gasteiger partial charge in [-0.25, -0.2) is 0 Å². The van der Waals surface area contributed by atoms with Crippen LogP contribution in [-0.2, 0) is 0 Å². The molecule has 2 N–H and O–H groups in total. The van der Waals surface area contributed by atoms with Crippen LogP contribution in [0, 0.1) is 6.92 Å². The molecule has 88 valence electrons. The smallest absolute Gasteiger partial charge is 0.277 e. The zero-order valence-corrected chi connectivity index (χ0v) is 9.52. The molecule has 1 aromatic carbocycles. The predicted molar refractivity (Wildman–Crippen MR) is 62.1 cm³/mol. The number of benzene rings is 1. The van der Waals surface area contributed by atoms with Crippen LogP contribution in [-0.4, -0.2) is 28.4 Å². The lowest BCUT2D eigenvalue weighted by atomic mass is 10.2. The number of hydrogen-bond acceptors (Lipinski definition) is 4. The molecule has 0 aliphatic heterocycles. The summed E-state index contributed by atoms with van der Waals surface area (Å²) in [4.78, 5) is 11.8. The first kappa shape index (κ1) is 11.1. The van der Waals surface area contributed by atoms with Gasteiger partial charge in [0, 0.05) is 11.8 Å². The number of carbonyl (C=O) groups is 1. The van der Waals surface area contributed by atoms with Crippen molar-refractivity contribution in [2.24, 2.45) is 0 Å². The average Bonchev–Trinajstić information content (AvgIpc) is 2.85. The molecule has 6 heteroatoms. The molecular weight excluding hydrogens is 220 g/mol. The number of nitrogens with zero attached hydrogens (tertiary/aromatic N) is 2.